The van der Waals surface area contributed by atoms with Gasteiger partial charge in [0.2, 0.25) is 11.8 Å². The van der Waals surface area contributed by atoms with Crippen LogP contribution in [0.15, 0.2) is 22.7 Å². The Morgan fingerprint density at radius 2 is 1.90 bits per heavy atom. The van der Waals surface area contributed by atoms with Crippen LogP contribution in [0.4, 0.5) is 19.1 Å². The van der Waals surface area contributed by atoms with Gasteiger partial charge in [0.05, 0.1) is 12.6 Å². The smallest absolute Gasteiger partial charge is 0.390 e. The van der Waals surface area contributed by atoms with E-state index in [9.17, 15) is 18.0 Å². The molecule has 0 aliphatic rings. The number of rotatable bonds is 7. The highest BCUT2D eigenvalue weighted by atomic mass is 19.4. The number of fused-ring (bicyclic) bond motifs is 1. The molecule has 0 atom stereocenters. The summed E-state index contributed by atoms with van der Waals surface area (Å²) in [6.45, 7) is 2.80. The number of aryl methyl sites for hydroxylation is 2. The molecule has 0 aliphatic heterocycles. The molecular weight excluding hydrogens is 405 g/mol. The van der Waals surface area contributed by atoms with Gasteiger partial charge in [-0.2, -0.15) is 18.2 Å². The van der Waals surface area contributed by atoms with Crippen LogP contribution in [0.3, 0.4) is 0 Å². The zero-order chi connectivity index (χ0) is 22.1. The SMILES string of the molecule is Cc1cc(-c2nc3cnc(N(C)CCC(F)(F)F)nc3o2)cc(C)c1OCC(=O)O. The molecule has 1 aromatic carbocycles. The third-order valence-corrected chi connectivity index (χ3v) is 4.26. The van der Waals surface area contributed by atoms with Crippen molar-refractivity contribution in [2.45, 2.75) is 26.4 Å². The fourth-order valence-corrected chi connectivity index (χ4v) is 2.86. The second-order valence-corrected chi connectivity index (χ2v) is 6.79. The molecule has 0 fully saturated rings. The van der Waals surface area contributed by atoms with Gasteiger partial charge in [0.25, 0.3) is 5.71 Å². The van der Waals surface area contributed by atoms with Crippen molar-refractivity contribution in [2.24, 2.45) is 0 Å². The zero-order valence-corrected chi connectivity index (χ0v) is 16.4. The topological polar surface area (TPSA) is 102 Å². The van der Waals surface area contributed by atoms with E-state index in [2.05, 4.69) is 15.0 Å². The van der Waals surface area contributed by atoms with Crippen molar-refractivity contribution >= 4 is 23.1 Å². The zero-order valence-electron chi connectivity index (χ0n) is 16.4. The van der Waals surface area contributed by atoms with Gasteiger partial charge >= 0.3 is 12.1 Å². The summed E-state index contributed by atoms with van der Waals surface area (Å²) in [7, 11) is 1.47. The predicted octanol–water partition coefficient (Wildman–Crippen LogP) is 3.75. The Labute approximate surface area is 169 Å². The normalized spacial score (nSPS) is 11.7. The maximum absolute atomic E-state index is 12.4. The molecule has 0 saturated carbocycles. The van der Waals surface area contributed by atoms with Crippen molar-refractivity contribution in [3.8, 4) is 17.2 Å². The van der Waals surface area contributed by atoms with E-state index in [4.69, 9.17) is 14.3 Å². The highest BCUT2D eigenvalue weighted by Gasteiger charge is 2.27. The molecule has 3 rings (SSSR count). The number of hydrogen-bond acceptors (Lipinski definition) is 7. The summed E-state index contributed by atoms with van der Waals surface area (Å²) in [6, 6.07) is 3.47. The van der Waals surface area contributed by atoms with Crippen LogP contribution in [0.25, 0.3) is 22.7 Å². The number of ether oxygens (including phenoxy) is 1. The predicted molar refractivity (Wildman–Crippen MR) is 102 cm³/mol. The van der Waals surface area contributed by atoms with Gasteiger partial charge in [0.15, 0.2) is 6.61 Å². The maximum atomic E-state index is 12.4. The summed E-state index contributed by atoms with van der Waals surface area (Å²) in [5.74, 6) is -0.262. The number of oxazole rings is 1. The first-order valence-electron chi connectivity index (χ1n) is 8.91. The minimum Gasteiger partial charge on any atom is -0.481 e. The van der Waals surface area contributed by atoms with E-state index >= 15 is 0 Å². The number of aromatic nitrogens is 3. The molecule has 0 amide bonds. The summed E-state index contributed by atoms with van der Waals surface area (Å²) < 4.78 is 48.3. The number of anilines is 1. The van der Waals surface area contributed by atoms with Gasteiger partial charge in [0, 0.05) is 19.2 Å². The number of halogens is 3. The Kier molecular flexibility index (Phi) is 5.81. The van der Waals surface area contributed by atoms with Gasteiger partial charge in [-0.15, -0.1) is 0 Å². The Bertz CT molecular complexity index is 1060. The molecule has 0 bridgehead atoms. The van der Waals surface area contributed by atoms with Crippen molar-refractivity contribution in [1.29, 1.82) is 0 Å². The molecule has 0 spiro atoms. The quantitative estimate of drug-likeness (QED) is 0.612. The molecule has 0 saturated heterocycles. The number of carboxylic acids is 1. The van der Waals surface area contributed by atoms with Crippen LogP contribution in [-0.4, -0.2) is 52.4 Å². The Morgan fingerprint density at radius 1 is 1.23 bits per heavy atom. The number of alkyl halides is 3. The monoisotopic (exact) mass is 424 g/mol. The van der Waals surface area contributed by atoms with Gasteiger partial charge in [-0.25, -0.2) is 14.8 Å². The third-order valence-electron chi connectivity index (χ3n) is 4.26. The molecule has 160 valence electrons. The van der Waals surface area contributed by atoms with Crippen LogP contribution in [0.2, 0.25) is 0 Å². The standard InChI is InChI=1S/C19H19F3N4O4/c1-10-6-12(7-11(2)15(10)29-9-14(27)28)16-24-13-8-23-18(25-17(13)30-16)26(3)5-4-19(20,21)22/h6-8H,4-5,9H2,1-3H3,(H,27,28). The number of aliphatic carboxylic acids is 1. The Balaban J connectivity index is 1.86. The molecule has 11 heteroatoms. The fourth-order valence-electron chi connectivity index (χ4n) is 2.86. The highest BCUT2D eigenvalue weighted by molar-refractivity contribution is 5.74. The van der Waals surface area contributed by atoms with E-state index in [0.29, 0.717) is 28.0 Å². The number of carboxylic acid groups (broad SMARTS) is 1. The molecular formula is C19H19F3N4O4. The van der Waals surface area contributed by atoms with Gasteiger partial charge < -0.3 is 19.2 Å². The van der Waals surface area contributed by atoms with Crippen molar-refractivity contribution in [3.05, 3.63) is 29.5 Å². The number of hydrogen-bond donors (Lipinski definition) is 1. The molecule has 30 heavy (non-hydrogen) atoms. The number of benzene rings is 1. The van der Waals surface area contributed by atoms with Crippen LogP contribution in [0.5, 0.6) is 5.75 Å². The van der Waals surface area contributed by atoms with Crippen LogP contribution >= 0.6 is 0 Å². The summed E-state index contributed by atoms with van der Waals surface area (Å²) in [5.41, 5.74) is 2.53. The molecule has 2 aromatic heterocycles. The van der Waals surface area contributed by atoms with Crippen LogP contribution in [0.1, 0.15) is 17.5 Å². The third kappa shape index (κ3) is 4.97. The number of carbonyl (C=O) groups is 1. The van der Waals surface area contributed by atoms with E-state index in [-0.39, 0.29) is 24.1 Å². The Hall–Kier alpha value is -3.37. The lowest BCUT2D eigenvalue weighted by Crippen LogP contribution is -2.25. The minimum atomic E-state index is -4.27. The van der Waals surface area contributed by atoms with Gasteiger partial charge in [0.1, 0.15) is 11.3 Å². The van der Waals surface area contributed by atoms with Crippen molar-refractivity contribution in [3.63, 3.8) is 0 Å². The van der Waals surface area contributed by atoms with Crippen LogP contribution in [0, 0.1) is 13.8 Å². The maximum Gasteiger partial charge on any atom is 0.390 e. The van der Waals surface area contributed by atoms with Crippen LogP contribution in [-0.2, 0) is 4.79 Å². The summed E-state index contributed by atoms with van der Waals surface area (Å²) in [4.78, 5) is 24.6. The largest absolute Gasteiger partial charge is 0.481 e. The molecule has 0 aliphatic carbocycles. The van der Waals surface area contributed by atoms with Gasteiger partial charge in [-0.05, 0) is 37.1 Å². The van der Waals surface area contributed by atoms with Crippen molar-refractivity contribution < 1.29 is 32.2 Å². The van der Waals surface area contributed by atoms with Crippen molar-refractivity contribution in [2.75, 3.05) is 25.1 Å². The lowest BCUT2D eigenvalue weighted by Gasteiger charge is -2.17. The van der Waals surface area contributed by atoms with Gasteiger partial charge in [-0.3, -0.25) is 0 Å². The van der Waals surface area contributed by atoms with E-state index in [1.54, 1.807) is 26.0 Å². The van der Waals surface area contributed by atoms with E-state index in [1.165, 1.54) is 18.1 Å². The average Bonchev–Trinajstić information content (AvgIpc) is 3.07. The van der Waals surface area contributed by atoms with Crippen molar-refractivity contribution in [1.82, 2.24) is 15.0 Å². The summed E-state index contributed by atoms with van der Waals surface area (Å²) in [5, 5.41) is 8.78. The molecule has 2 heterocycles. The van der Waals surface area contributed by atoms with Gasteiger partial charge in [-0.1, -0.05) is 0 Å². The summed E-state index contributed by atoms with van der Waals surface area (Å²) >= 11 is 0. The highest BCUT2D eigenvalue weighted by Crippen LogP contribution is 2.31. The van der Waals surface area contributed by atoms with E-state index in [1.807, 2.05) is 0 Å². The van der Waals surface area contributed by atoms with E-state index in [0.717, 1.165) is 0 Å². The Morgan fingerprint density at radius 3 is 2.50 bits per heavy atom. The molecule has 8 nitrogen and oxygen atoms in total. The first kappa shape index (κ1) is 21.3. The first-order chi connectivity index (χ1) is 14.0. The molecule has 0 radical (unpaired) electrons. The average molecular weight is 424 g/mol. The lowest BCUT2D eigenvalue weighted by molar-refractivity contribution is -0.139. The summed E-state index contributed by atoms with van der Waals surface area (Å²) in [6.07, 6.45) is -3.87. The first-order valence-corrected chi connectivity index (χ1v) is 8.91. The number of nitrogens with zero attached hydrogens (tertiary/aromatic N) is 4. The minimum absolute atomic E-state index is 0.0965. The second-order valence-electron chi connectivity index (χ2n) is 6.79. The lowest BCUT2D eigenvalue weighted by atomic mass is 10.1. The molecule has 1 N–H and O–H groups in total. The van der Waals surface area contributed by atoms with E-state index < -0.39 is 25.2 Å². The molecule has 0 unspecified atom stereocenters. The molecule has 3 aromatic rings. The fraction of sp³-hybridized carbons (Fsp3) is 0.368. The second kappa shape index (κ2) is 8.17. The van der Waals surface area contributed by atoms with Crippen LogP contribution < -0.4 is 9.64 Å².